The summed E-state index contributed by atoms with van der Waals surface area (Å²) in [5, 5.41) is 8.00. The summed E-state index contributed by atoms with van der Waals surface area (Å²) in [6.07, 6.45) is 0. The molecule has 13 aromatic rings. The van der Waals surface area contributed by atoms with Crippen LogP contribution in [-0.2, 0) is 0 Å². The molecule has 0 saturated carbocycles. The van der Waals surface area contributed by atoms with E-state index in [0.717, 1.165) is 83.0 Å². The SMILES string of the molecule is c1ccc(-c2nc(-n3c4ccccc4c4cc(-c5cccc6oc7ccc(-c8ccc9c(c8)c8ccccc8n9-c8ccccc8)cc7c56)ccc43)c3ccccc3n2)cc1. The third-order valence-electron chi connectivity index (χ3n) is 12.3. The van der Waals surface area contributed by atoms with E-state index in [2.05, 4.69) is 191 Å². The molecule has 0 radical (unpaired) electrons. The van der Waals surface area contributed by atoms with Crippen molar-refractivity contribution in [1.29, 1.82) is 0 Å². The van der Waals surface area contributed by atoms with Crippen molar-refractivity contribution < 1.29 is 4.42 Å². The molecule has 0 unspecified atom stereocenters. The lowest BCUT2D eigenvalue weighted by Crippen LogP contribution is -2.02. The van der Waals surface area contributed by atoms with Crippen LogP contribution in [0.15, 0.2) is 211 Å². The van der Waals surface area contributed by atoms with Crippen molar-refractivity contribution in [3.05, 3.63) is 206 Å². The van der Waals surface area contributed by atoms with Crippen LogP contribution in [0.4, 0.5) is 0 Å². The molecule has 0 aliphatic carbocycles. The molecule has 0 bridgehead atoms. The van der Waals surface area contributed by atoms with Crippen molar-refractivity contribution in [3.8, 4) is 45.1 Å². The van der Waals surface area contributed by atoms with Crippen LogP contribution in [0.5, 0.6) is 0 Å². The minimum absolute atomic E-state index is 0.702. The standard InChI is InChI=1S/C56H34N4O/c1-3-14-35(15-4-1)55-57-47-22-10-7-20-43(47)56(58-55)60-49-24-12-9-19-42(49)45-34-38(27-30-51(45)60)40-21-13-25-53-54(40)46-33-37(28-31-52(46)61-53)36-26-29-50-44(32-36)41-18-8-11-23-48(41)59(50)39-16-5-2-6-17-39/h1-34H. The molecule has 61 heavy (non-hydrogen) atoms. The van der Waals surface area contributed by atoms with Gasteiger partial charge in [-0.1, -0.05) is 127 Å². The Labute approximate surface area is 350 Å². The van der Waals surface area contributed by atoms with E-state index in [0.29, 0.717) is 5.82 Å². The van der Waals surface area contributed by atoms with Crippen molar-refractivity contribution in [2.45, 2.75) is 0 Å². The van der Waals surface area contributed by atoms with E-state index < -0.39 is 0 Å². The number of aromatic nitrogens is 4. The van der Waals surface area contributed by atoms with Crippen LogP contribution in [0.2, 0.25) is 0 Å². The Balaban J connectivity index is 0.982. The van der Waals surface area contributed by atoms with Gasteiger partial charge in [-0.05, 0) is 101 Å². The minimum Gasteiger partial charge on any atom is -0.456 e. The molecule has 284 valence electrons. The lowest BCUT2D eigenvalue weighted by atomic mass is 9.96. The predicted molar refractivity (Wildman–Crippen MR) is 252 cm³/mol. The maximum atomic E-state index is 6.57. The number of rotatable bonds is 5. The van der Waals surface area contributed by atoms with Gasteiger partial charge in [0.1, 0.15) is 17.0 Å². The first-order valence-corrected chi connectivity index (χ1v) is 20.7. The normalized spacial score (nSPS) is 11.9. The number of furan rings is 1. The molecule has 0 saturated heterocycles. The first kappa shape index (κ1) is 33.7. The highest BCUT2D eigenvalue weighted by Gasteiger charge is 2.20. The number of benzene rings is 9. The van der Waals surface area contributed by atoms with Gasteiger partial charge in [-0.2, -0.15) is 0 Å². The molecule has 0 N–H and O–H groups in total. The summed E-state index contributed by atoms with van der Waals surface area (Å²) in [4.78, 5) is 10.3. The summed E-state index contributed by atoms with van der Waals surface area (Å²) in [6.45, 7) is 0. The average Bonchev–Trinajstić information content (AvgIpc) is 3.99. The van der Waals surface area contributed by atoms with Gasteiger partial charge in [0.2, 0.25) is 0 Å². The van der Waals surface area contributed by atoms with Crippen molar-refractivity contribution in [2.24, 2.45) is 0 Å². The highest BCUT2D eigenvalue weighted by molar-refractivity contribution is 6.16. The van der Waals surface area contributed by atoms with E-state index >= 15 is 0 Å². The summed E-state index contributed by atoms with van der Waals surface area (Å²) < 4.78 is 11.2. The van der Waals surface area contributed by atoms with Gasteiger partial charge in [-0.3, -0.25) is 4.57 Å². The van der Waals surface area contributed by atoms with Crippen molar-refractivity contribution in [1.82, 2.24) is 19.1 Å². The van der Waals surface area contributed by atoms with Crippen LogP contribution in [0.3, 0.4) is 0 Å². The molecular formula is C56H34N4O. The van der Waals surface area contributed by atoms with Crippen LogP contribution >= 0.6 is 0 Å². The van der Waals surface area contributed by atoms with Gasteiger partial charge in [-0.25, -0.2) is 9.97 Å². The smallest absolute Gasteiger partial charge is 0.162 e. The average molecular weight is 779 g/mol. The van der Waals surface area contributed by atoms with Crippen LogP contribution in [0, 0.1) is 0 Å². The lowest BCUT2D eigenvalue weighted by molar-refractivity contribution is 0.669. The second kappa shape index (κ2) is 13.1. The van der Waals surface area contributed by atoms with Crippen molar-refractivity contribution in [3.63, 3.8) is 0 Å². The molecule has 5 heteroatoms. The molecule has 13 rings (SSSR count). The van der Waals surface area contributed by atoms with Crippen LogP contribution in [0.25, 0.3) is 122 Å². The van der Waals surface area contributed by atoms with E-state index in [1.165, 1.54) is 32.8 Å². The van der Waals surface area contributed by atoms with Gasteiger partial charge in [0, 0.05) is 49.0 Å². The van der Waals surface area contributed by atoms with Gasteiger partial charge >= 0.3 is 0 Å². The van der Waals surface area contributed by atoms with Crippen LogP contribution in [0.1, 0.15) is 0 Å². The van der Waals surface area contributed by atoms with Crippen molar-refractivity contribution in [2.75, 3.05) is 0 Å². The number of fused-ring (bicyclic) bond motifs is 10. The molecule has 0 aliphatic heterocycles. The Bertz CT molecular complexity index is 3880. The number of nitrogens with zero attached hydrogens (tertiary/aromatic N) is 4. The third-order valence-corrected chi connectivity index (χ3v) is 12.3. The Morgan fingerprint density at radius 3 is 1.69 bits per heavy atom. The fourth-order valence-corrected chi connectivity index (χ4v) is 9.57. The lowest BCUT2D eigenvalue weighted by Gasteiger charge is -2.13. The summed E-state index contributed by atoms with van der Waals surface area (Å²) >= 11 is 0. The fraction of sp³-hybridized carbons (Fsp3) is 0. The van der Waals surface area contributed by atoms with E-state index in [1.54, 1.807) is 0 Å². The van der Waals surface area contributed by atoms with E-state index in [9.17, 15) is 0 Å². The quantitative estimate of drug-likeness (QED) is 0.175. The maximum Gasteiger partial charge on any atom is 0.162 e. The minimum atomic E-state index is 0.702. The summed E-state index contributed by atoms with van der Waals surface area (Å²) in [5.74, 6) is 1.57. The Morgan fingerprint density at radius 2 is 0.918 bits per heavy atom. The molecule has 5 nitrogen and oxygen atoms in total. The van der Waals surface area contributed by atoms with Crippen LogP contribution in [-0.4, -0.2) is 19.1 Å². The fourth-order valence-electron chi connectivity index (χ4n) is 9.57. The number of para-hydroxylation sites is 4. The molecule has 9 aromatic carbocycles. The highest BCUT2D eigenvalue weighted by atomic mass is 16.3. The summed E-state index contributed by atoms with van der Waals surface area (Å²) in [5.41, 5.74) is 13.9. The second-order valence-corrected chi connectivity index (χ2v) is 15.8. The molecule has 0 spiro atoms. The van der Waals surface area contributed by atoms with E-state index in [1.807, 2.05) is 24.3 Å². The third kappa shape index (κ3) is 5.14. The Hall–Kier alpha value is -8.28. The topological polar surface area (TPSA) is 48.8 Å². The highest BCUT2D eigenvalue weighted by Crippen LogP contribution is 2.42. The molecule has 4 aromatic heterocycles. The predicted octanol–water partition coefficient (Wildman–Crippen LogP) is 14.7. The molecule has 0 amide bonds. The zero-order valence-electron chi connectivity index (χ0n) is 32.8. The van der Waals surface area contributed by atoms with E-state index in [-0.39, 0.29) is 0 Å². The Kier molecular flexibility index (Phi) is 7.24. The first-order chi connectivity index (χ1) is 30.2. The molecule has 0 atom stereocenters. The molecule has 0 aliphatic rings. The Morgan fingerprint density at radius 1 is 0.344 bits per heavy atom. The molecular weight excluding hydrogens is 745 g/mol. The van der Waals surface area contributed by atoms with E-state index in [4.69, 9.17) is 14.4 Å². The summed E-state index contributed by atoms with van der Waals surface area (Å²) in [7, 11) is 0. The summed E-state index contributed by atoms with van der Waals surface area (Å²) in [6, 6.07) is 73.2. The molecule has 4 heterocycles. The first-order valence-electron chi connectivity index (χ1n) is 20.7. The number of hydrogen-bond acceptors (Lipinski definition) is 3. The zero-order chi connectivity index (χ0) is 40.0. The van der Waals surface area contributed by atoms with Gasteiger partial charge < -0.3 is 8.98 Å². The van der Waals surface area contributed by atoms with Gasteiger partial charge in [0.05, 0.1) is 27.6 Å². The van der Waals surface area contributed by atoms with Crippen LogP contribution < -0.4 is 0 Å². The number of hydrogen-bond donors (Lipinski definition) is 0. The monoisotopic (exact) mass is 778 g/mol. The molecule has 0 fully saturated rings. The zero-order valence-corrected chi connectivity index (χ0v) is 32.8. The second-order valence-electron chi connectivity index (χ2n) is 15.8. The maximum absolute atomic E-state index is 6.57. The van der Waals surface area contributed by atoms with Gasteiger partial charge in [-0.15, -0.1) is 0 Å². The van der Waals surface area contributed by atoms with Crippen molar-refractivity contribution >= 4 is 76.5 Å². The largest absolute Gasteiger partial charge is 0.456 e. The van der Waals surface area contributed by atoms with Gasteiger partial charge in [0.25, 0.3) is 0 Å². The van der Waals surface area contributed by atoms with Gasteiger partial charge in [0.15, 0.2) is 5.82 Å².